The number of alkyl carbamates (subject to hydrolysis) is 1. The van der Waals surface area contributed by atoms with E-state index in [1.165, 1.54) is 22.3 Å². The van der Waals surface area contributed by atoms with Gasteiger partial charge in [-0.25, -0.2) is 4.79 Å². The summed E-state index contributed by atoms with van der Waals surface area (Å²) < 4.78 is 65.6. The van der Waals surface area contributed by atoms with Gasteiger partial charge in [-0.2, -0.15) is 0 Å². The molecule has 0 spiro atoms. The largest absolute Gasteiger partial charge is 0.463 e. The molecule has 2 aromatic carbocycles. The fourth-order valence-electron chi connectivity index (χ4n) is 5.90. The van der Waals surface area contributed by atoms with Crippen molar-refractivity contribution in [2.45, 2.75) is 44.9 Å². The lowest BCUT2D eigenvalue weighted by Crippen LogP contribution is -2.27. The number of rotatable bonds is 40. The Morgan fingerprint density at radius 3 is 1.24 bits per heavy atom. The first-order valence-electron chi connectivity index (χ1n) is 21.2. The van der Waals surface area contributed by atoms with E-state index in [-0.39, 0.29) is 18.5 Å². The van der Waals surface area contributed by atoms with Crippen molar-refractivity contribution in [3.63, 3.8) is 0 Å². The average molecular weight is 836 g/mol. The van der Waals surface area contributed by atoms with Crippen LogP contribution in [0, 0.1) is 0 Å². The Morgan fingerprint density at radius 1 is 0.458 bits per heavy atom. The number of hydrogen-bond acceptors (Lipinski definition) is 14. The van der Waals surface area contributed by atoms with Crippen molar-refractivity contribution in [2.24, 2.45) is 0 Å². The van der Waals surface area contributed by atoms with Gasteiger partial charge in [-0.15, -0.1) is 0 Å². The van der Waals surface area contributed by atoms with E-state index in [2.05, 4.69) is 36.5 Å². The minimum absolute atomic E-state index is 0.0463. The highest BCUT2D eigenvalue weighted by molar-refractivity contribution is 5.79. The van der Waals surface area contributed by atoms with Gasteiger partial charge in [0.15, 0.2) is 0 Å². The summed E-state index contributed by atoms with van der Waals surface area (Å²) in [6, 6.07) is 16.6. The highest BCUT2D eigenvalue weighted by Crippen LogP contribution is 2.44. The van der Waals surface area contributed by atoms with Crippen LogP contribution in [0.2, 0.25) is 0 Å². The van der Waals surface area contributed by atoms with Crippen molar-refractivity contribution in [1.82, 2.24) is 5.32 Å². The molecule has 0 aromatic heterocycles. The van der Waals surface area contributed by atoms with E-state index in [1.54, 1.807) is 0 Å². The van der Waals surface area contributed by atoms with Crippen LogP contribution in [0.3, 0.4) is 0 Å². The number of esters is 1. The smallest absolute Gasteiger partial charge is 0.407 e. The fourth-order valence-corrected chi connectivity index (χ4v) is 5.90. The molecule has 0 unspecified atom stereocenters. The van der Waals surface area contributed by atoms with Gasteiger partial charge in [-0.1, -0.05) is 68.3 Å². The molecule has 15 nitrogen and oxygen atoms in total. The summed E-state index contributed by atoms with van der Waals surface area (Å²) in [6.07, 6.45) is 3.74. The molecular weight excluding hydrogens is 766 g/mol. The Kier molecular flexibility index (Phi) is 30.2. The van der Waals surface area contributed by atoms with Crippen molar-refractivity contribution in [2.75, 3.05) is 152 Å². The molecule has 1 aliphatic rings. The maximum atomic E-state index is 12.3. The van der Waals surface area contributed by atoms with Gasteiger partial charge in [0.05, 0.1) is 126 Å². The zero-order valence-electron chi connectivity index (χ0n) is 35.2. The second-order valence-corrected chi connectivity index (χ2v) is 13.4. The molecule has 0 radical (unpaired) electrons. The third kappa shape index (κ3) is 24.6. The first kappa shape index (κ1) is 50.1. The van der Waals surface area contributed by atoms with E-state index in [1.807, 2.05) is 24.3 Å². The summed E-state index contributed by atoms with van der Waals surface area (Å²) in [5, 5.41) is 2.81. The number of carbonyl (C=O) groups is 2. The first-order valence-corrected chi connectivity index (χ1v) is 21.2. The van der Waals surface area contributed by atoms with E-state index in [4.69, 9.17) is 56.8 Å². The molecule has 3 rings (SSSR count). The molecule has 0 atom stereocenters. The number of carbonyl (C=O) groups excluding carboxylic acids is 2. The maximum Gasteiger partial charge on any atom is 0.407 e. The summed E-state index contributed by atoms with van der Waals surface area (Å²) in [6.45, 7) is 12.7. The Balaban J connectivity index is 0.930. The van der Waals surface area contributed by atoms with Gasteiger partial charge in [-0.05, 0) is 35.1 Å². The zero-order chi connectivity index (χ0) is 41.7. The number of hydrogen-bond donors (Lipinski definition) is 1. The second-order valence-electron chi connectivity index (χ2n) is 13.4. The van der Waals surface area contributed by atoms with Crippen LogP contribution in [0.4, 0.5) is 4.79 Å². The molecule has 0 fully saturated rings. The van der Waals surface area contributed by atoms with E-state index in [0.717, 1.165) is 19.3 Å². The predicted octanol–water partition coefficient (Wildman–Crippen LogP) is 5.20. The number of benzene rings is 2. The van der Waals surface area contributed by atoms with Gasteiger partial charge in [-0.3, -0.25) is 4.79 Å². The van der Waals surface area contributed by atoms with Gasteiger partial charge in [0.25, 0.3) is 0 Å². The topological polar surface area (TPSA) is 157 Å². The maximum absolute atomic E-state index is 12.3. The molecule has 0 saturated carbocycles. The Labute approximate surface area is 350 Å². The number of amides is 1. The molecule has 0 bridgehead atoms. The molecule has 15 heteroatoms. The van der Waals surface area contributed by atoms with Crippen molar-refractivity contribution in [3.05, 3.63) is 59.7 Å². The molecular formula is C44H69NO14. The molecule has 0 saturated heterocycles. The van der Waals surface area contributed by atoms with Crippen LogP contribution in [-0.2, 0) is 61.6 Å². The lowest BCUT2D eigenvalue weighted by Gasteiger charge is -2.14. The van der Waals surface area contributed by atoms with Crippen molar-refractivity contribution < 1.29 is 66.4 Å². The summed E-state index contributed by atoms with van der Waals surface area (Å²) in [5.74, 6) is -0.117. The molecule has 1 N–H and O–H groups in total. The SMILES string of the molecule is CCCCCC(=O)OCCOCCOCCOCCOCCOCCOCCOCCOCCOCCOCCCNC(=O)OCC1c2ccccc2-c2ccccc21. The van der Waals surface area contributed by atoms with Crippen LogP contribution >= 0.6 is 0 Å². The van der Waals surface area contributed by atoms with E-state index < -0.39 is 6.09 Å². The summed E-state index contributed by atoms with van der Waals surface area (Å²) in [5.41, 5.74) is 4.80. The lowest BCUT2D eigenvalue weighted by molar-refractivity contribution is -0.145. The Bertz CT molecular complexity index is 1290. The van der Waals surface area contributed by atoms with Crippen LogP contribution in [0.15, 0.2) is 48.5 Å². The van der Waals surface area contributed by atoms with Gasteiger partial charge in [0, 0.05) is 25.5 Å². The standard InChI is InChI=1S/C44H69NO14/c1-2-3-4-14-43(46)58-36-35-57-34-33-56-32-31-55-30-29-54-28-27-53-26-25-52-24-23-51-22-21-50-20-19-49-18-17-48-16-9-15-45-44(47)59-37-42-40-12-7-5-10-38(40)39-11-6-8-13-41(39)42/h5-8,10-13,42H,2-4,9,14-37H2,1H3,(H,45,47). The first-order chi connectivity index (χ1) is 29.2. The third-order valence-electron chi connectivity index (χ3n) is 8.90. The van der Waals surface area contributed by atoms with Crippen molar-refractivity contribution in [1.29, 1.82) is 0 Å². The summed E-state index contributed by atoms with van der Waals surface area (Å²) >= 11 is 0. The molecule has 1 amide bonds. The van der Waals surface area contributed by atoms with Crippen molar-refractivity contribution >= 4 is 12.1 Å². The van der Waals surface area contributed by atoms with Gasteiger partial charge >= 0.3 is 12.1 Å². The quantitative estimate of drug-likeness (QED) is 0.0690. The third-order valence-corrected chi connectivity index (χ3v) is 8.90. The predicted molar refractivity (Wildman–Crippen MR) is 221 cm³/mol. The zero-order valence-corrected chi connectivity index (χ0v) is 35.2. The Hall–Kier alpha value is -3.22. The Morgan fingerprint density at radius 2 is 0.831 bits per heavy atom. The normalized spacial score (nSPS) is 12.1. The minimum Gasteiger partial charge on any atom is -0.463 e. The lowest BCUT2D eigenvalue weighted by atomic mass is 9.98. The molecule has 2 aromatic rings. The molecule has 59 heavy (non-hydrogen) atoms. The average Bonchev–Trinajstić information content (AvgIpc) is 3.57. The number of fused-ring (bicyclic) bond motifs is 3. The minimum atomic E-state index is -0.418. The van der Waals surface area contributed by atoms with Crippen LogP contribution in [-0.4, -0.2) is 164 Å². The van der Waals surface area contributed by atoms with Crippen LogP contribution in [0.25, 0.3) is 11.1 Å². The van der Waals surface area contributed by atoms with Crippen LogP contribution in [0.5, 0.6) is 0 Å². The number of ether oxygens (including phenoxy) is 12. The summed E-state index contributed by atoms with van der Waals surface area (Å²) in [7, 11) is 0. The van der Waals surface area contributed by atoms with Crippen molar-refractivity contribution in [3.8, 4) is 11.1 Å². The highest BCUT2D eigenvalue weighted by atomic mass is 16.6. The fraction of sp³-hybridized carbons (Fsp3) is 0.682. The molecule has 1 aliphatic carbocycles. The van der Waals surface area contributed by atoms with Gasteiger partial charge < -0.3 is 62.2 Å². The second kappa shape index (κ2) is 35.5. The van der Waals surface area contributed by atoms with E-state index in [9.17, 15) is 9.59 Å². The number of nitrogens with one attached hydrogen (secondary N) is 1. The monoisotopic (exact) mass is 835 g/mol. The molecule has 0 aliphatic heterocycles. The number of unbranched alkanes of at least 4 members (excludes halogenated alkanes) is 2. The van der Waals surface area contributed by atoms with Crippen LogP contribution < -0.4 is 5.32 Å². The molecule has 0 heterocycles. The van der Waals surface area contributed by atoms with Gasteiger partial charge in [0.2, 0.25) is 0 Å². The van der Waals surface area contributed by atoms with E-state index in [0.29, 0.717) is 158 Å². The van der Waals surface area contributed by atoms with E-state index >= 15 is 0 Å². The summed E-state index contributed by atoms with van der Waals surface area (Å²) in [4.78, 5) is 23.8. The van der Waals surface area contributed by atoms with Gasteiger partial charge in [0.1, 0.15) is 13.2 Å². The highest BCUT2D eigenvalue weighted by Gasteiger charge is 2.29. The molecule has 334 valence electrons. The van der Waals surface area contributed by atoms with Crippen LogP contribution in [0.1, 0.15) is 56.1 Å².